The predicted molar refractivity (Wildman–Crippen MR) is 123 cm³/mol. The van der Waals surface area contributed by atoms with Crippen molar-refractivity contribution in [1.82, 2.24) is 15.1 Å². The van der Waals surface area contributed by atoms with E-state index in [1.54, 1.807) is 0 Å². The van der Waals surface area contributed by atoms with Crippen LogP contribution in [0.1, 0.15) is 66.1 Å². The first-order chi connectivity index (χ1) is 15.2. The second-order valence-electron chi connectivity index (χ2n) is 8.66. The number of benzene rings is 2. The van der Waals surface area contributed by atoms with Crippen molar-refractivity contribution >= 4 is 11.8 Å². The van der Waals surface area contributed by atoms with Gasteiger partial charge in [0, 0.05) is 38.3 Å². The second-order valence-corrected chi connectivity index (χ2v) is 8.66. The Morgan fingerprint density at radius 2 is 1.32 bits per heavy atom. The summed E-state index contributed by atoms with van der Waals surface area (Å²) < 4.78 is 0. The summed E-state index contributed by atoms with van der Waals surface area (Å²) in [7, 11) is 0. The maximum atomic E-state index is 13.3. The van der Waals surface area contributed by atoms with Crippen molar-refractivity contribution < 1.29 is 9.59 Å². The molecule has 5 nitrogen and oxygen atoms in total. The van der Waals surface area contributed by atoms with E-state index >= 15 is 0 Å². The molecule has 0 aromatic heterocycles. The standard InChI is InChI=1S/C26H33N3O2/c30-25(28-16-6-2-7-17-28)23-14-12-21(13-15-23)20-27-24(22-10-4-1-5-11-22)26(31)29-18-8-3-9-19-29/h1,4-5,10-15,24,27H,2-3,6-9,16-20H2/t24-/m0/s1. The minimum atomic E-state index is -0.353. The van der Waals surface area contributed by atoms with Gasteiger partial charge in [-0.15, -0.1) is 0 Å². The molecule has 0 unspecified atom stereocenters. The van der Waals surface area contributed by atoms with Gasteiger partial charge in [0.1, 0.15) is 6.04 Å². The third kappa shape index (κ3) is 5.53. The molecule has 2 aliphatic heterocycles. The number of likely N-dealkylation sites (tertiary alicyclic amines) is 2. The van der Waals surface area contributed by atoms with Crippen LogP contribution < -0.4 is 5.32 Å². The molecule has 2 aromatic rings. The molecular formula is C26H33N3O2. The zero-order valence-electron chi connectivity index (χ0n) is 18.3. The van der Waals surface area contributed by atoms with E-state index in [1.807, 2.05) is 64.4 Å². The Bertz CT molecular complexity index is 854. The van der Waals surface area contributed by atoms with Gasteiger partial charge in [-0.2, -0.15) is 0 Å². The molecule has 0 spiro atoms. The van der Waals surface area contributed by atoms with Crippen molar-refractivity contribution in [2.45, 2.75) is 51.1 Å². The Morgan fingerprint density at radius 3 is 1.94 bits per heavy atom. The monoisotopic (exact) mass is 419 g/mol. The second kappa shape index (κ2) is 10.6. The van der Waals surface area contributed by atoms with Crippen molar-refractivity contribution in [3.8, 4) is 0 Å². The topological polar surface area (TPSA) is 52.7 Å². The van der Waals surface area contributed by atoms with Gasteiger partial charge in [0.25, 0.3) is 5.91 Å². The van der Waals surface area contributed by atoms with Crippen molar-refractivity contribution in [3.63, 3.8) is 0 Å². The summed E-state index contributed by atoms with van der Waals surface area (Å²) in [5.41, 5.74) is 2.81. The van der Waals surface area contributed by atoms with Crippen molar-refractivity contribution in [2.75, 3.05) is 26.2 Å². The fourth-order valence-corrected chi connectivity index (χ4v) is 4.55. The van der Waals surface area contributed by atoms with E-state index < -0.39 is 0 Å². The van der Waals surface area contributed by atoms with Gasteiger partial charge in [-0.1, -0.05) is 42.5 Å². The Kier molecular flexibility index (Phi) is 7.36. The zero-order chi connectivity index (χ0) is 21.5. The number of carbonyl (C=O) groups is 2. The lowest BCUT2D eigenvalue weighted by atomic mass is 10.0. The molecule has 1 atom stereocenters. The molecule has 0 saturated carbocycles. The maximum absolute atomic E-state index is 13.3. The minimum Gasteiger partial charge on any atom is -0.341 e. The number of hydrogen-bond donors (Lipinski definition) is 1. The smallest absolute Gasteiger partial charge is 0.253 e. The third-order valence-corrected chi connectivity index (χ3v) is 6.40. The van der Waals surface area contributed by atoms with E-state index in [0.717, 1.165) is 68.6 Å². The summed E-state index contributed by atoms with van der Waals surface area (Å²) in [6.07, 6.45) is 6.78. The number of hydrogen-bond acceptors (Lipinski definition) is 3. The van der Waals surface area contributed by atoms with Crippen LogP contribution in [0.4, 0.5) is 0 Å². The highest BCUT2D eigenvalue weighted by Crippen LogP contribution is 2.20. The van der Waals surface area contributed by atoms with E-state index in [4.69, 9.17) is 0 Å². The van der Waals surface area contributed by atoms with Gasteiger partial charge in [-0.3, -0.25) is 14.9 Å². The molecule has 2 aliphatic rings. The quantitative estimate of drug-likeness (QED) is 0.765. The summed E-state index contributed by atoms with van der Waals surface area (Å²) in [5.74, 6) is 0.282. The first-order valence-electron chi connectivity index (χ1n) is 11.7. The molecule has 4 rings (SSSR count). The Balaban J connectivity index is 1.41. The summed E-state index contributed by atoms with van der Waals surface area (Å²) >= 11 is 0. The lowest BCUT2D eigenvalue weighted by Gasteiger charge is -2.31. The Morgan fingerprint density at radius 1 is 0.742 bits per heavy atom. The molecule has 31 heavy (non-hydrogen) atoms. The lowest BCUT2D eigenvalue weighted by molar-refractivity contribution is -0.134. The van der Waals surface area contributed by atoms with Crippen LogP contribution in [0.15, 0.2) is 54.6 Å². The van der Waals surface area contributed by atoms with E-state index in [0.29, 0.717) is 6.54 Å². The highest BCUT2D eigenvalue weighted by atomic mass is 16.2. The van der Waals surface area contributed by atoms with Crippen LogP contribution in [0.3, 0.4) is 0 Å². The van der Waals surface area contributed by atoms with Gasteiger partial charge >= 0.3 is 0 Å². The van der Waals surface area contributed by atoms with Gasteiger partial charge in [-0.25, -0.2) is 0 Å². The lowest BCUT2D eigenvalue weighted by Crippen LogP contribution is -2.43. The molecule has 0 bridgehead atoms. The van der Waals surface area contributed by atoms with E-state index in [1.165, 1.54) is 12.8 Å². The molecule has 164 valence electrons. The average Bonchev–Trinajstić information content (AvgIpc) is 2.86. The van der Waals surface area contributed by atoms with E-state index in [9.17, 15) is 9.59 Å². The van der Waals surface area contributed by atoms with Crippen LogP contribution >= 0.6 is 0 Å². The Hall–Kier alpha value is -2.66. The summed E-state index contributed by atoms with van der Waals surface area (Å²) in [6, 6.07) is 17.4. The highest BCUT2D eigenvalue weighted by Gasteiger charge is 2.26. The van der Waals surface area contributed by atoms with Crippen molar-refractivity contribution in [3.05, 3.63) is 71.3 Å². The molecule has 2 heterocycles. The first kappa shape index (κ1) is 21.6. The fraction of sp³-hybridized carbons (Fsp3) is 0.462. The predicted octanol–water partition coefficient (Wildman–Crippen LogP) is 4.16. The number of amides is 2. The maximum Gasteiger partial charge on any atom is 0.253 e. The molecule has 2 fully saturated rings. The molecule has 2 amide bonds. The molecule has 0 aliphatic carbocycles. The van der Waals surface area contributed by atoms with Gasteiger partial charge in [0.05, 0.1) is 0 Å². The summed E-state index contributed by atoms with van der Waals surface area (Å²) in [6.45, 7) is 3.99. The van der Waals surface area contributed by atoms with Crippen LogP contribution in [0.2, 0.25) is 0 Å². The van der Waals surface area contributed by atoms with Crippen LogP contribution in [0.25, 0.3) is 0 Å². The molecule has 2 saturated heterocycles. The largest absolute Gasteiger partial charge is 0.341 e. The molecule has 5 heteroatoms. The number of rotatable bonds is 6. The van der Waals surface area contributed by atoms with Gasteiger partial charge in [-0.05, 0) is 61.8 Å². The van der Waals surface area contributed by atoms with Gasteiger partial charge < -0.3 is 9.80 Å². The number of nitrogens with one attached hydrogen (secondary N) is 1. The summed E-state index contributed by atoms with van der Waals surface area (Å²) in [5, 5.41) is 3.47. The van der Waals surface area contributed by atoms with Gasteiger partial charge in [0.15, 0.2) is 0 Å². The number of piperidine rings is 2. The Labute approximate surface area is 185 Å². The summed E-state index contributed by atoms with van der Waals surface area (Å²) in [4.78, 5) is 29.9. The zero-order valence-corrected chi connectivity index (χ0v) is 18.3. The van der Waals surface area contributed by atoms with Crippen molar-refractivity contribution in [2.24, 2.45) is 0 Å². The molecule has 0 radical (unpaired) electrons. The molecular weight excluding hydrogens is 386 g/mol. The average molecular weight is 420 g/mol. The molecule has 2 aromatic carbocycles. The molecule has 1 N–H and O–H groups in total. The number of carbonyl (C=O) groups excluding carboxylic acids is 2. The SMILES string of the molecule is O=C(c1ccc(CN[C@H](C(=O)N2CCCCC2)c2ccccc2)cc1)N1CCCCC1. The van der Waals surface area contributed by atoms with E-state index in [-0.39, 0.29) is 17.9 Å². The van der Waals surface area contributed by atoms with Crippen molar-refractivity contribution in [1.29, 1.82) is 0 Å². The van der Waals surface area contributed by atoms with Crippen LogP contribution in [0.5, 0.6) is 0 Å². The normalized spacial score (nSPS) is 17.9. The van der Waals surface area contributed by atoms with Crippen LogP contribution in [-0.4, -0.2) is 47.8 Å². The fourth-order valence-electron chi connectivity index (χ4n) is 4.55. The minimum absolute atomic E-state index is 0.127. The van der Waals surface area contributed by atoms with E-state index in [2.05, 4.69) is 5.32 Å². The first-order valence-corrected chi connectivity index (χ1v) is 11.7. The van der Waals surface area contributed by atoms with Crippen LogP contribution in [-0.2, 0) is 11.3 Å². The number of nitrogens with zero attached hydrogens (tertiary/aromatic N) is 2. The highest BCUT2D eigenvalue weighted by molar-refractivity contribution is 5.94. The third-order valence-electron chi connectivity index (χ3n) is 6.40. The van der Waals surface area contributed by atoms with Crippen LogP contribution in [0, 0.1) is 0 Å². The van der Waals surface area contributed by atoms with Gasteiger partial charge in [0.2, 0.25) is 5.91 Å².